The fraction of sp³-hybridized carbons (Fsp3) is 0.250. The minimum atomic E-state index is -0.593. The van der Waals surface area contributed by atoms with Crippen molar-refractivity contribution in [3.05, 3.63) is 41.3 Å². The lowest BCUT2D eigenvalue weighted by atomic mass is 10.1. The molecule has 0 atom stereocenters. The van der Waals surface area contributed by atoms with Gasteiger partial charge in [0.2, 0.25) is 5.89 Å². The predicted octanol–water partition coefficient (Wildman–Crippen LogP) is 1.49. The van der Waals surface area contributed by atoms with Crippen molar-refractivity contribution in [3.8, 4) is 5.75 Å². The molecule has 1 aromatic carbocycles. The summed E-state index contributed by atoms with van der Waals surface area (Å²) in [5.41, 5.74) is -0.109. The molecule has 19 heavy (non-hydrogen) atoms. The number of aryl methyl sites for hydroxylation is 1. The van der Waals surface area contributed by atoms with Crippen molar-refractivity contribution in [2.45, 2.75) is 13.5 Å². The third kappa shape index (κ3) is 2.87. The lowest BCUT2D eigenvalue weighted by molar-refractivity contribution is 0.0777. The Bertz CT molecular complexity index is 612. The van der Waals surface area contributed by atoms with E-state index >= 15 is 0 Å². The van der Waals surface area contributed by atoms with Gasteiger partial charge >= 0.3 is 0 Å². The number of hydrogen-bond acceptors (Lipinski definition) is 5. The molecule has 0 aliphatic rings. The van der Waals surface area contributed by atoms with E-state index in [2.05, 4.69) is 10.1 Å². The molecule has 1 heterocycles. The van der Waals surface area contributed by atoms with E-state index in [0.717, 1.165) is 18.2 Å². The molecule has 0 unspecified atom stereocenters. The van der Waals surface area contributed by atoms with Crippen molar-refractivity contribution >= 4 is 5.91 Å². The monoisotopic (exact) mass is 265 g/mol. The third-order valence-corrected chi connectivity index (χ3v) is 2.48. The lowest BCUT2D eigenvalue weighted by Gasteiger charge is -2.15. The topological polar surface area (TPSA) is 79.5 Å². The number of phenolic OH excluding ortho intramolecular Hbond substituents is 1. The molecule has 0 spiro atoms. The van der Waals surface area contributed by atoms with E-state index < -0.39 is 11.7 Å². The first kappa shape index (κ1) is 13.0. The fourth-order valence-electron chi connectivity index (χ4n) is 1.57. The maximum Gasteiger partial charge on any atom is 0.257 e. The Morgan fingerprint density at radius 3 is 2.89 bits per heavy atom. The molecule has 100 valence electrons. The van der Waals surface area contributed by atoms with Gasteiger partial charge in [-0.25, -0.2) is 4.39 Å². The van der Waals surface area contributed by atoms with Crippen LogP contribution in [0.25, 0.3) is 0 Å². The molecule has 0 saturated heterocycles. The summed E-state index contributed by atoms with van der Waals surface area (Å²) in [6.45, 7) is 1.74. The number of nitrogens with zero attached hydrogens (tertiary/aromatic N) is 3. The van der Waals surface area contributed by atoms with Crippen molar-refractivity contribution < 1.29 is 18.8 Å². The van der Waals surface area contributed by atoms with E-state index in [9.17, 15) is 14.3 Å². The lowest BCUT2D eigenvalue weighted by Crippen LogP contribution is -2.26. The zero-order chi connectivity index (χ0) is 14.0. The van der Waals surface area contributed by atoms with E-state index in [-0.39, 0.29) is 17.9 Å². The van der Waals surface area contributed by atoms with Crippen LogP contribution in [0.4, 0.5) is 4.39 Å². The van der Waals surface area contributed by atoms with Gasteiger partial charge in [0.05, 0.1) is 12.1 Å². The highest BCUT2D eigenvalue weighted by molar-refractivity contribution is 5.96. The van der Waals surface area contributed by atoms with Gasteiger partial charge in [0.1, 0.15) is 11.6 Å². The number of rotatable bonds is 3. The summed E-state index contributed by atoms with van der Waals surface area (Å²) in [6, 6.07) is 3.19. The molecule has 0 saturated carbocycles. The van der Waals surface area contributed by atoms with Crippen LogP contribution in [0.1, 0.15) is 22.1 Å². The highest BCUT2D eigenvalue weighted by Gasteiger charge is 2.18. The first-order chi connectivity index (χ1) is 8.97. The van der Waals surface area contributed by atoms with Gasteiger partial charge in [0.25, 0.3) is 5.91 Å². The number of aromatic hydroxyl groups is 1. The average molecular weight is 265 g/mol. The highest BCUT2D eigenvalue weighted by atomic mass is 19.1. The van der Waals surface area contributed by atoms with Crippen molar-refractivity contribution in [2.75, 3.05) is 7.05 Å². The first-order valence-electron chi connectivity index (χ1n) is 5.50. The highest BCUT2D eigenvalue weighted by Crippen LogP contribution is 2.19. The van der Waals surface area contributed by atoms with Gasteiger partial charge in [0.15, 0.2) is 5.82 Å². The summed E-state index contributed by atoms with van der Waals surface area (Å²) in [6.07, 6.45) is 0. The Morgan fingerprint density at radius 2 is 2.26 bits per heavy atom. The number of halogens is 1. The molecule has 0 bridgehead atoms. The number of amides is 1. The van der Waals surface area contributed by atoms with Gasteiger partial charge < -0.3 is 14.5 Å². The van der Waals surface area contributed by atoms with Gasteiger partial charge in [-0.3, -0.25) is 4.79 Å². The third-order valence-electron chi connectivity index (χ3n) is 2.48. The van der Waals surface area contributed by atoms with Gasteiger partial charge in [0, 0.05) is 14.0 Å². The summed E-state index contributed by atoms with van der Waals surface area (Å²) < 4.78 is 17.9. The number of aromatic nitrogens is 2. The summed E-state index contributed by atoms with van der Waals surface area (Å²) in [5, 5.41) is 13.2. The second-order valence-corrected chi connectivity index (χ2v) is 4.05. The normalized spacial score (nSPS) is 10.5. The molecule has 7 heteroatoms. The molecule has 1 amide bonds. The maximum absolute atomic E-state index is 13.1. The largest absolute Gasteiger partial charge is 0.507 e. The van der Waals surface area contributed by atoms with E-state index in [0.29, 0.717) is 11.7 Å². The van der Waals surface area contributed by atoms with Gasteiger partial charge in [-0.15, -0.1) is 0 Å². The van der Waals surface area contributed by atoms with Gasteiger partial charge in [-0.2, -0.15) is 4.98 Å². The summed E-state index contributed by atoms with van der Waals surface area (Å²) in [7, 11) is 1.50. The zero-order valence-electron chi connectivity index (χ0n) is 10.4. The smallest absolute Gasteiger partial charge is 0.257 e. The van der Waals surface area contributed by atoms with E-state index in [1.165, 1.54) is 11.9 Å². The quantitative estimate of drug-likeness (QED) is 0.909. The minimum absolute atomic E-state index is 0.103. The molecule has 1 aromatic heterocycles. The summed E-state index contributed by atoms with van der Waals surface area (Å²) in [5.74, 6) is -0.666. The molecule has 1 N–H and O–H groups in total. The second-order valence-electron chi connectivity index (χ2n) is 4.05. The van der Waals surface area contributed by atoms with Crippen LogP contribution >= 0.6 is 0 Å². The molecule has 2 rings (SSSR count). The predicted molar refractivity (Wildman–Crippen MR) is 62.9 cm³/mol. The van der Waals surface area contributed by atoms with Gasteiger partial charge in [-0.05, 0) is 18.2 Å². The number of phenols is 1. The Labute approximate surface area is 108 Å². The van der Waals surface area contributed by atoms with Crippen molar-refractivity contribution in [3.63, 3.8) is 0 Å². The number of carbonyl (C=O) groups excluding carboxylic acids is 1. The van der Waals surface area contributed by atoms with Gasteiger partial charge in [-0.1, -0.05) is 5.16 Å². The van der Waals surface area contributed by atoms with Crippen LogP contribution in [0, 0.1) is 12.7 Å². The molecule has 0 fully saturated rings. The fourth-order valence-corrected chi connectivity index (χ4v) is 1.57. The summed E-state index contributed by atoms with van der Waals surface area (Å²) >= 11 is 0. The summed E-state index contributed by atoms with van der Waals surface area (Å²) in [4.78, 5) is 17.3. The average Bonchev–Trinajstić information content (AvgIpc) is 2.77. The molecule has 2 aromatic rings. The van der Waals surface area contributed by atoms with E-state index in [4.69, 9.17) is 4.52 Å². The molecular weight excluding hydrogens is 253 g/mol. The van der Waals surface area contributed by atoms with E-state index in [1.807, 2.05) is 0 Å². The molecule has 6 nitrogen and oxygen atoms in total. The first-order valence-corrected chi connectivity index (χ1v) is 5.50. The van der Waals surface area contributed by atoms with Crippen LogP contribution < -0.4 is 0 Å². The van der Waals surface area contributed by atoms with Crippen molar-refractivity contribution in [1.29, 1.82) is 0 Å². The van der Waals surface area contributed by atoms with Crippen LogP contribution in [0.3, 0.4) is 0 Å². The van der Waals surface area contributed by atoms with E-state index in [1.54, 1.807) is 6.92 Å². The Balaban J connectivity index is 2.16. The van der Waals surface area contributed by atoms with Crippen molar-refractivity contribution in [2.24, 2.45) is 0 Å². The Kier molecular flexibility index (Phi) is 3.46. The molecule has 0 radical (unpaired) electrons. The van der Waals surface area contributed by atoms with Crippen LogP contribution in [-0.2, 0) is 6.54 Å². The Hall–Kier alpha value is -2.44. The SMILES string of the molecule is Cc1nc(CN(C)C(=O)c2cc(F)ccc2O)no1. The number of benzene rings is 1. The molecule has 0 aliphatic carbocycles. The maximum atomic E-state index is 13.1. The standard InChI is InChI=1S/C12H12FN3O3/c1-7-14-11(15-19-7)6-16(2)12(18)9-5-8(13)3-4-10(9)17/h3-5,17H,6H2,1-2H3. The zero-order valence-corrected chi connectivity index (χ0v) is 10.4. The minimum Gasteiger partial charge on any atom is -0.507 e. The van der Waals surface area contributed by atoms with Crippen molar-refractivity contribution in [1.82, 2.24) is 15.0 Å². The van der Waals surface area contributed by atoms with Crippen LogP contribution in [-0.4, -0.2) is 33.1 Å². The molecular formula is C12H12FN3O3. The second kappa shape index (κ2) is 5.05. The van der Waals surface area contributed by atoms with Crippen LogP contribution in [0.2, 0.25) is 0 Å². The van der Waals surface area contributed by atoms with Crippen LogP contribution in [0.15, 0.2) is 22.7 Å². The molecule has 0 aliphatic heterocycles. The van der Waals surface area contributed by atoms with Crippen LogP contribution in [0.5, 0.6) is 5.75 Å². The number of carbonyl (C=O) groups is 1. The number of hydrogen-bond donors (Lipinski definition) is 1. The Morgan fingerprint density at radius 1 is 1.53 bits per heavy atom.